The van der Waals surface area contributed by atoms with Gasteiger partial charge >= 0.3 is 0 Å². The molecule has 0 atom stereocenters. The molecular formula is C28H61NO4S. The summed E-state index contributed by atoms with van der Waals surface area (Å²) in [5.41, 5.74) is 0. The standard InChI is InChI=1S/C28H60N.H2O4S/c1-5-9-13-16-19-22-26-29(25-12-8-4,27-23-20-17-14-10-6-2)28-24-21-18-15-11-7-3;1-5(2,3)4/h5-28H2,1-4H3;(H2,1,2,3,4)/q+1;/p-1. The molecule has 1 N–H and O–H groups in total. The Kier molecular flexibility index (Phi) is 27.4. The van der Waals surface area contributed by atoms with Gasteiger partial charge in [-0.15, -0.1) is 0 Å². The first-order valence-electron chi connectivity index (χ1n) is 14.8. The molecule has 0 aliphatic carbocycles. The van der Waals surface area contributed by atoms with Gasteiger partial charge < -0.3 is 9.04 Å². The Bertz CT molecular complexity index is 448. The van der Waals surface area contributed by atoms with Crippen LogP contribution in [-0.4, -0.2) is 48.2 Å². The van der Waals surface area contributed by atoms with Crippen molar-refractivity contribution in [3.8, 4) is 0 Å². The molecule has 6 heteroatoms. The van der Waals surface area contributed by atoms with Gasteiger partial charge in [0.15, 0.2) is 0 Å². The van der Waals surface area contributed by atoms with E-state index in [1.165, 1.54) is 159 Å². The molecule has 208 valence electrons. The second-order valence-corrected chi connectivity index (χ2v) is 11.2. The predicted octanol–water partition coefficient (Wildman–Crippen LogP) is 8.69. The van der Waals surface area contributed by atoms with E-state index >= 15 is 0 Å². The number of hydrogen-bond donors (Lipinski definition) is 1. The molecule has 0 saturated carbocycles. The van der Waals surface area contributed by atoms with Crippen LogP contribution in [0.1, 0.15) is 156 Å². The van der Waals surface area contributed by atoms with Crippen LogP contribution in [0, 0.1) is 0 Å². The van der Waals surface area contributed by atoms with Crippen molar-refractivity contribution in [2.75, 3.05) is 26.2 Å². The molecule has 0 amide bonds. The third-order valence-electron chi connectivity index (χ3n) is 6.94. The molecule has 34 heavy (non-hydrogen) atoms. The fraction of sp³-hybridized carbons (Fsp3) is 1.00. The minimum atomic E-state index is -4.92. The topological polar surface area (TPSA) is 77.4 Å². The zero-order valence-corrected chi connectivity index (χ0v) is 24.3. The number of hydrogen-bond acceptors (Lipinski definition) is 3. The van der Waals surface area contributed by atoms with E-state index in [0.717, 1.165) is 0 Å². The van der Waals surface area contributed by atoms with Crippen LogP contribution in [0.15, 0.2) is 0 Å². The highest BCUT2D eigenvalue weighted by molar-refractivity contribution is 7.79. The van der Waals surface area contributed by atoms with Gasteiger partial charge in [-0.3, -0.25) is 4.55 Å². The lowest BCUT2D eigenvalue weighted by Crippen LogP contribution is -2.50. The molecule has 0 aliphatic heterocycles. The van der Waals surface area contributed by atoms with Gasteiger partial charge in [0.1, 0.15) is 0 Å². The lowest BCUT2D eigenvalue weighted by Gasteiger charge is -2.39. The first kappa shape index (κ1) is 36.0. The van der Waals surface area contributed by atoms with Crippen molar-refractivity contribution in [3.63, 3.8) is 0 Å². The van der Waals surface area contributed by atoms with Gasteiger partial charge in [-0.05, 0) is 44.9 Å². The fourth-order valence-electron chi connectivity index (χ4n) is 4.85. The quantitative estimate of drug-likeness (QED) is 0.0613. The summed E-state index contributed by atoms with van der Waals surface area (Å²) in [4.78, 5) is 0. The summed E-state index contributed by atoms with van der Waals surface area (Å²) in [7, 11) is -4.92. The fourth-order valence-corrected chi connectivity index (χ4v) is 4.85. The van der Waals surface area contributed by atoms with E-state index in [0.29, 0.717) is 0 Å². The van der Waals surface area contributed by atoms with E-state index in [-0.39, 0.29) is 0 Å². The van der Waals surface area contributed by atoms with E-state index in [2.05, 4.69) is 27.7 Å². The number of quaternary nitrogens is 1. The van der Waals surface area contributed by atoms with Gasteiger partial charge in [-0.1, -0.05) is 111 Å². The summed E-state index contributed by atoms with van der Waals surface area (Å²) < 4.78 is 34.3. The largest absolute Gasteiger partial charge is 0.726 e. The molecule has 0 bridgehead atoms. The second kappa shape index (κ2) is 25.9. The lowest BCUT2D eigenvalue weighted by atomic mass is 10.1. The smallest absolute Gasteiger partial charge is 0.215 e. The molecule has 0 aromatic heterocycles. The van der Waals surface area contributed by atoms with Gasteiger partial charge in [0.05, 0.1) is 26.2 Å². The van der Waals surface area contributed by atoms with Gasteiger partial charge in [-0.2, -0.15) is 0 Å². The van der Waals surface area contributed by atoms with Crippen LogP contribution in [0.2, 0.25) is 0 Å². The SMILES string of the molecule is CCCCCCCC[N+](CCCC)(CCCCCCCC)CCCCCCCC.O=S(=O)([O-])O. The third-order valence-corrected chi connectivity index (χ3v) is 6.94. The van der Waals surface area contributed by atoms with Crippen molar-refractivity contribution in [1.29, 1.82) is 0 Å². The second-order valence-electron chi connectivity index (χ2n) is 10.3. The minimum Gasteiger partial charge on any atom is -0.726 e. The molecular weight excluding hydrogens is 446 g/mol. The Morgan fingerprint density at radius 2 is 0.676 bits per heavy atom. The van der Waals surface area contributed by atoms with Crippen LogP contribution in [-0.2, 0) is 10.4 Å². The van der Waals surface area contributed by atoms with Crippen LogP contribution >= 0.6 is 0 Å². The first-order valence-corrected chi connectivity index (χ1v) is 16.1. The van der Waals surface area contributed by atoms with Gasteiger partial charge in [0.25, 0.3) is 0 Å². The Morgan fingerprint density at radius 3 is 0.941 bits per heavy atom. The number of rotatable bonds is 24. The number of nitrogens with zero attached hydrogens (tertiary/aromatic N) is 1. The highest BCUT2D eigenvalue weighted by Crippen LogP contribution is 2.20. The number of unbranched alkanes of at least 4 members (excludes halogenated alkanes) is 16. The van der Waals surface area contributed by atoms with Gasteiger partial charge in [0, 0.05) is 0 Å². The predicted molar refractivity (Wildman–Crippen MR) is 147 cm³/mol. The first-order chi connectivity index (χ1) is 16.2. The summed E-state index contributed by atoms with van der Waals surface area (Å²) in [6, 6.07) is 0. The van der Waals surface area contributed by atoms with Crippen molar-refractivity contribution in [2.45, 2.75) is 156 Å². The van der Waals surface area contributed by atoms with Crippen molar-refractivity contribution >= 4 is 10.4 Å². The highest BCUT2D eigenvalue weighted by Gasteiger charge is 2.25. The molecule has 0 aromatic rings. The molecule has 0 aromatic carbocycles. The van der Waals surface area contributed by atoms with E-state index in [1.807, 2.05) is 0 Å². The van der Waals surface area contributed by atoms with E-state index in [9.17, 15) is 0 Å². The summed E-state index contributed by atoms with van der Waals surface area (Å²) in [6.45, 7) is 15.2. The van der Waals surface area contributed by atoms with Crippen LogP contribution in [0.25, 0.3) is 0 Å². The maximum Gasteiger partial charge on any atom is 0.215 e. The van der Waals surface area contributed by atoms with Crippen molar-refractivity contribution in [3.05, 3.63) is 0 Å². The minimum absolute atomic E-state index is 1.36. The molecule has 0 radical (unpaired) electrons. The summed E-state index contributed by atoms with van der Waals surface area (Å²) >= 11 is 0. The van der Waals surface area contributed by atoms with E-state index in [1.54, 1.807) is 0 Å². The van der Waals surface area contributed by atoms with Crippen molar-refractivity contribution in [2.24, 2.45) is 0 Å². The van der Waals surface area contributed by atoms with Crippen LogP contribution < -0.4 is 0 Å². The molecule has 0 rings (SSSR count). The normalized spacial score (nSPS) is 11.9. The zero-order valence-electron chi connectivity index (χ0n) is 23.5. The molecule has 5 nitrogen and oxygen atoms in total. The Morgan fingerprint density at radius 1 is 0.471 bits per heavy atom. The molecule has 0 aliphatic rings. The molecule has 0 heterocycles. The average molecular weight is 508 g/mol. The summed E-state index contributed by atoms with van der Waals surface area (Å²) in [6.07, 6.45) is 28.8. The maximum absolute atomic E-state index is 8.63. The highest BCUT2D eigenvalue weighted by atomic mass is 32.3. The monoisotopic (exact) mass is 507 g/mol. The van der Waals surface area contributed by atoms with Gasteiger partial charge in [0.2, 0.25) is 10.4 Å². The van der Waals surface area contributed by atoms with Crippen molar-refractivity contribution in [1.82, 2.24) is 0 Å². The van der Waals surface area contributed by atoms with E-state index < -0.39 is 10.4 Å². The Hall–Kier alpha value is -0.170. The average Bonchev–Trinajstić information content (AvgIpc) is 2.78. The van der Waals surface area contributed by atoms with Crippen LogP contribution in [0.3, 0.4) is 0 Å². The van der Waals surface area contributed by atoms with Crippen molar-refractivity contribution < 1.29 is 22.0 Å². The molecule has 0 saturated heterocycles. The third kappa shape index (κ3) is 29.9. The molecule has 0 unspecified atom stereocenters. The zero-order chi connectivity index (χ0) is 26.0. The molecule has 0 spiro atoms. The van der Waals surface area contributed by atoms with Gasteiger partial charge in [-0.25, -0.2) is 8.42 Å². The van der Waals surface area contributed by atoms with E-state index in [4.69, 9.17) is 17.5 Å². The molecule has 0 fully saturated rings. The van der Waals surface area contributed by atoms with Crippen LogP contribution in [0.4, 0.5) is 0 Å². The Balaban J connectivity index is 0. The maximum atomic E-state index is 8.63. The summed E-state index contributed by atoms with van der Waals surface area (Å²) in [5.74, 6) is 0. The Labute approximate surface area is 214 Å². The van der Waals surface area contributed by atoms with Crippen LogP contribution in [0.5, 0.6) is 0 Å². The summed E-state index contributed by atoms with van der Waals surface area (Å²) in [5, 5.41) is 0. The lowest BCUT2D eigenvalue weighted by molar-refractivity contribution is -0.929.